The molecule has 0 fully saturated rings. The van der Waals surface area contributed by atoms with E-state index < -0.39 is 5.97 Å². The van der Waals surface area contributed by atoms with Gasteiger partial charge in [-0.1, -0.05) is 36.0 Å². The van der Waals surface area contributed by atoms with Crippen LogP contribution in [0.4, 0.5) is 0 Å². The summed E-state index contributed by atoms with van der Waals surface area (Å²) in [5.74, 6) is 0.0273. The SMILES string of the molecule is C=CCSc1nc2nc(C)cc(C(=O)OCC)c2c(=O)n1-c1ccccc1. The van der Waals surface area contributed by atoms with Crippen molar-refractivity contribution in [2.45, 2.75) is 19.0 Å². The summed E-state index contributed by atoms with van der Waals surface area (Å²) in [6, 6.07) is 10.8. The van der Waals surface area contributed by atoms with E-state index >= 15 is 0 Å². The predicted octanol–water partition coefficient (Wildman–Crippen LogP) is 3.54. The highest BCUT2D eigenvalue weighted by atomic mass is 32.2. The van der Waals surface area contributed by atoms with Crippen molar-refractivity contribution < 1.29 is 9.53 Å². The number of aryl methyl sites for hydroxylation is 1. The minimum Gasteiger partial charge on any atom is -0.462 e. The van der Waals surface area contributed by atoms with Crippen LogP contribution in [0.15, 0.2) is 59.0 Å². The molecule has 2 heterocycles. The molecule has 0 aliphatic heterocycles. The van der Waals surface area contributed by atoms with Gasteiger partial charge in [-0.2, -0.15) is 0 Å². The van der Waals surface area contributed by atoms with E-state index in [2.05, 4.69) is 16.5 Å². The van der Waals surface area contributed by atoms with Crippen LogP contribution in [0.3, 0.4) is 0 Å². The standard InChI is InChI=1S/C20H19N3O3S/c1-4-11-27-20-22-17-16(15(12-13(3)21-17)19(25)26-5-2)18(24)23(20)14-9-7-6-8-10-14/h4,6-10,12H,1,5,11H2,2-3H3. The molecule has 3 rings (SSSR count). The average Bonchev–Trinajstić information content (AvgIpc) is 2.66. The third-order valence-electron chi connectivity index (χ3n) is 3.78. The molecule has 0 unspecified atom stereocenters. The third kappa shape index (κ3) is 3.78. The van der Waals surface area contributed by atoms with Gasteiger partial charge in [0.25, 0.3) is 5.56 Å². The van der Waals surface area contributed by atoms with Crippen LogP contribution in [0.1, 0.15) is 23.0 Å². The fraction of sp³-hybridized carbons (Fsp3) is 0.200. The van der Waals surface area contributed by atoms with E-state index in [1.165, 1.54) is 16.3 Å². The summed E-state index contributed by atoms with van der Waals surface area (Å²) in [5.41, 5.74) is 1.32. The van der Waals surface area contributed by atoms with Crippen molar-refractivity contribution in [1.29, 1.82) is 0 Å². The monoisotopic (exact) mass is 381 g/mol. The molecule has 0 N–H and O–H groups in total. The lowest BCUT2D eigenvalue weighted by Gasteiger charge is -2.14. The van der Waals surface area contributed by atoms with Gasteiger partial charge in [-0.25, -0.2) is 14.8 Å². The van der Waals surface area contributed by atoms with E-state index in [0.29, 0.717) is 22.3 Å². The van der Waals surface area contributed by atoms with E-state index in [-0.39, 0.29) is 28.8 Å². The molecule has 6 nitrogen and oxygen atoms in total. The van der Waals surface area contributed by atoms with Gasteiger partial charge >= 0.3 is 5.97 Å². The van der Waals surface area contributed by atoms with Crippen molar-refractivity contribution in [3.63, 3.8) is 0 Å². The molecular formula is C20H19N3O3S. The summed E-state index contributed by atoms with van der Waals surface area (Å²) >= 11 is 1.38. The highest BCUT2D eigenvalue weighted by Gasteiger charge is 2.21. The lowest BCUT2D eigenvalue weighted by atomic mass is 10.1. The molecular weight excluding hydrogens is 362 g/mol. The number of carbonyl (C=O) groups is 1. The first-order valence-electron chi connectivity index (χ1n) is 8.47. The Balaban J connectivity index is 2.38. The molecule has 1 aromatic carbocycles. The van der Waals surface area contributed by atoms with Gasteiger partial charge in [0.1, 0.15) is 0 Å². The number of esters is 1. The Labute approximate surface area is 160 Å². The van der Waals surface area contributed by atoms with E-state index in [0.717, 1.165) is 0 Å². The number of benzene rings is 1. The molecule has 0 aliphatic rings. The molecule has 3 aromatic rings. The summed E-state index contributed by atoms with van der Waals surface area (Å²) in [7, 11) is 0. The van der Waals surface area contributed by atoms with E-state index in [1.807, 2.05) is 30.3 Å². The molecule has 27 heavy (non-hydrogen) atoms. The minimum atomic E-state index is -0.557. The van der Waals surface area contributed by atoms with Crippen molar-refractivity contribution in [3.05, 3.63) is 70.7 Å². The van der Waals surface area contributed by atoms with Gasteiger partial charge in [-0.3, -0.25) is 9.36 Å². The number of nitrogens with zero attached hydrogens (tertiary/aromatic N) is 3. The number of para-hydroxylation sites is 1. The molecule has 7 heteroatoms. The molecule has 0 saturated heterocycles. The van der Waals surface area contributed by atoms with Crippen LogP contribution < -0.4 is 5.56 Å². The lowest BCUT2D eigenvalue weighted by Crippen LogP contribution is -2.24. The maximum atomic E-state index is 13.4. The zero-order valence-corrected chi connectivity index (χ0v) is 16.0. The molecule has 0 radical (unpaired) electrons. The third-order valence-corrected chi connectivity index (χ3v) is 4.71. The van der Waals surface area contributed by atoms with Gasteiger partial charge in [-0.15, -0.1) is 6.58 Å². The fourth-order valence-corrected chi connectivity index (χ4v) is 3.43. The zero-order chi connectivity index (χ0) is 19.4. The molecule has 0 bridgehead atoms. The lowest BCUT2D eigenvalue weighted by molar-refractivity contribution is 0.0528. The summed E-state index contributed by atoms with van der Waals surface area (Å²) in [6.07, 6.45) is 1.74. The first-order chi connectivity index (χ1) is 13.1. The van der Waals surface area contributed by atoms with Crippen LogP contribution in [0.5, 0.6) is 0 Å². The second kappa shape index (κ2) is 8.18. The van der Waals surface area contributed by atoms with Crippen molar-refractivity contribution in [2.75, 3.05) is 12.4 Å². The Morgan fingerprint density at radius 1 is 1.30 bits per heavy atom. The van der Waals surface area contributed by atoms with Gasteiger partial charge in [0, 0.05) is 11.4 Å². The molecule has 138 valence electrons. The fourth-order valence-electron chi connectivity index (χ4n) is 2.69. The number of rotatable bonds is 6. The van der Waals surface area contributed by atoms with Crippen LogP contribution in [0, 0.1) is 6.92 Å². The van der Waals surface area contributed by atoms with E-state index in [1.54, 1.807) is 26.0 Å². The normalized spacial score (nSPS) is 10.7. The number of ether oxygens (including phenoxy) is 1. The Morgan fingerprint density at radius 3 is 2.70 bits per heavy atom. The first kappa shape index (κ1) is 18.8. The number of thioether (sulfide) groups is 1. The van der Waals surface area contributed by atoms with Crippen LogP contribution in [-0.2, 0) is 4.74 Å². The quantitative estimate of drug-likeness (QED) is 0.281. The topological polar surface area (TPSA) is 74.1 Å². The second-order valence-corrected chi connectivity index (χ2v) is 6.69. The van der Waals surface area contributed by atoms with Crippen LogP contribution in [0.25, 0.3) is 16.7 Å². The molecule has 0 atom stereocenters. The van der Waals surface area contributed by atoms with E-state index in [4.69, 9.17) is 4.74 Å². The smallest absolute Gasteiger partial charge is 0.339 e. The summed E-state index contributed by atoms with van der Waals surface area (Å²) in [6.45, 7) is 7.41. The minimum absolute atomic E-state index is 0.158. The van der Waals surface area contributed by atoms with Gasteiger partial charge in [0.15, 0.2) is 10.8 Å². The molecule has 2 aromatic heterocycles. The highest BCUT2D eigenvalue weighted by Crippen LogP contribution is 2.23. The van der Waals surface area contributed by atoms with Crippen LogP contribution >= 0.6 is 11.8 Å². The average molecular weight is 381 g/mol. The predicted molar refractivity (Wildman–Crippen MR) is 107 cm³/mol. The Bertz CT molecular complexity index is 1060. The maximum absolute atomic E-state index is 13.4. The number of aromatic nitrogens is 3. The van der Waals surface area contributed by atoms with Crippen molar-refractivity contribution in [1.82, 2.24) is 14.5 Å². The number of hydrogen-bond donors (Lipinski definition) is 0. The molecule has 0 spiro atoms. The second-order valence-electron chi connectivity index (χ2n) is 5.70. The largest absolute Gasteiger partial charge is 0.462 e. The Hall–Kier alpha value is -2.93. The Kier molecular flexibility index (Phi) is 5.71. The van der Waals surface area contributed by atoms with Gasteiger partial charge in [-0.05, 0) is 32.0 Å². The first-order valence-corrected chi connectivity index (χ1v) is 9.46. The van der Waals surface area contributed by atoms with Crippen molar-refractivity contribution in [3.8, 4) is 5.69 Å². The van der Waals surface area contributed by atoms with Crippen LogP contribution in [0.2, 0.25) is 0 Å². The molecule has 0 saturated carbocycles. The molecule has 0 amide bonds. The Morgan fingerprint density at radius 2 is 2.04 bits per heavy atom. The van der Waals surface area contributed by atoms with Gasteiger partial charge in [0.05, 0.1) is 23.2 Å². The summed E-state index contributed by atoms with van der Waals surface area (Å²) < 4.78 is 6.62. The number of hydrogen-bond acceptors (Lipinski definition) is 6. The molecule has 0 aliphatic carbocycles. The summed E-state index contributed by atoms with van der Waals surface area (Å²) in [5, 5.41) is 0.650. The zero-order valence-electron chi connectivity index (χ0n) is 15.1. The van der Waals surface area contributed by atoms with Crippen molar-refractivity contribution >= 4 is 28.8 Å². The number of pyridine rings is 1. The maximum Gasteiger partial charge on any atom is 0.339 e. The van der Waals surface area contributed by atoms with Gasteiger partial charge in [0.2, 0.25) is 0 Å². The van der Waals surface area contributed by atoms with Crippen LogP contribution in [-0.4, -0.2) is 32.9 Å². The highest BCUT2D eigenvalue weighted by molar-refractivity contribution is 7.99. The van der Waals surface area contributed by atoms with Crippen molar-refractivity contribution in [2.24, 2.45) is 0 Å². The van der Waals surface area contributed by atoms with E-state index in [9.17, 15) is 9.59 Å². The summed E-state index contributed by atoms with van der Waals surface area (Å²) in [4.78, 5) is 34.8. The van der Waals surface area contributed by atoms with Gasteiger partial charge < -0.3 is 4.74 Å². The number of fused-ring (bicyclic) bond motifs is 1. The number of carbonyl (C=O) groups excluding carboxylic acids is 1.